The number of rotatable bonds is 5. The average molecular weight is 380 g/mol. The molecule has 0 atom stereocenters. The van der Waals surface area contributed by atoms with Gasteiger partial charge >= 0.3 is 0 Å². The zero-order chi connectivity index (χ0) is 18.0. The van der Waals surface area contributed by atoms with E-state index in [2.05, 4.69) is 5.32 Å². The number of nitrogens with one attached hydrogen (secondary N) is 1. The number of hydrogen-bond acceptors (Lipinski definition) is 5. The van der Waals surface area contributed by atoms with E-state index in [9.17, 15) is 13.2 Å². The smallest absolute Gasteiger partial charge is 0.267 e. The van der Waals surface area contributed by atoms with Crippen LogP contribution in [0.1, 0.15) is 28.1 Å². The van der Waals surface area contributed by atoms with Crippen LogP contribution in [0.3, 0.4) is 0 Å². The van der Waals surface area contributed by atoms with Crippen molar-refractivity contribution in [3.8, 4) is 5.75 Å². The van der Waals surface area contributed by atoms with Gasteiger partial charge in [-0.05, 0) is 48.9 Å². The van der Waals surface area contributed by atoms with E-state index in [-0.39, 0.29) is 9.77 Å². The summed E-state index contributed by atoms with van der Waals surface area (Å²) in [7, 11) is -2.11. The summed E-state index contributed by atoms with van der Waals surface area (Å²) in [5, 5.41) is 4.40. The van der Waals surface area contributed by atoms with Gasteiger partial charge < -0.3 is 10.1 Å². The van der Waals surface area contributed by atoms with E-state index >= 15 is 0 Å². The Hall–Kier alpha value is -1.90. The maximum Gasteiger partial charge on any atom is 0.267 e. The van der Waals surface area contributed by atoms with Crippen molar-refractivity contribution >= 4 is 33.0 Å². The second-order valence-corrected chi connectivity index (χ2v) is 8.71. The SMILES string of the molecule is COc1ccc(C)cc1NC(=O)c1sccc1S(=O)(=O)N1CCCC1. The molecule has 1 fully saturated rings. The van der Waals surface area contributed by atoms with Crippen molar-refractivity contribution < 1.29 is 17.9 Å². The molecule has 1 aliphatic rings. The van der Waals surface area contributed by atoms with Gasteiger partial charge in [-0.25, -0.2) is 8.42 Å². The van der Waals surface area contributed by atoms with E-state index in [0.29, 0.717) is 24.5 Å². The quantitative estimate of drug-likeness (QED) is 0.865. The van der Waals surface area contributed by atoms with Crippen LogP contribution in [0, 0.1) is 6.92 Å². The number of amides is 1. The summed E-state index contributed by atoms with van der Waals surface area (Å²) >= 11 is 1.12. The Morgan fingerprint density at radius 1 is 1.24 bits per heavy atom. The third-order valence-corrected chi connectivity index (χ3v) is 7.10. The van der Waals surface area contributed by atoms with Crippen molar-refractivity contribution in [1.29, 1.82) is 0 Å². The summed E-state index contributed by atoms with van der Waals surface area (Å²) in [6.07, 6.45) is 1.71. The van der Waals surface area contributed by atoms with Crippen LogP contribution in [0.2, 0.25) is 0 Å². The van der Waals surface area contributed by atoms with Gasteiger partial charge in [0.15, 0.2) is 0 Å². The topological polar surface area (TPSA) is 75.7 Å². The Morgan fingerprint density at radius 2 is 1.96 bits per heavy atom. The molecule has 0 bridgehead atoms. The van der Waals surface area contributed by atoms with E-state index < -0.39 is 15.9 Å². The molecule has 1 aliphatic heterocycles. The zero-order valence-electron chi connectivity index (χ0n) is 14.1. The molecule has 1 amide bonds. The van der Waals surface area contributed by atoms with Crippen LogP contribution in [-0.4, -0.2) is 38.8 Å². The number of sulfonamides is 1. The molecule has 8 heteroatoms. The third-order valence-electron chi connectivity index (χ3n) is 4.12. The van der Waals surface area contributed by atoms with E-state index in [4.69, 9.17) is 4.74 Å². The predicted octanol–water partition coefficient (Wildman–Crippen LogP) is 3.10. The van der Waals surface area contributed by atoms with Crippen LogP contribution in [0.15, 0.2) is 34.5 Å². The Kier molecular flexibility index (Phi) is 5.12. The van der Waals surface area contributed by atoms with Gasteiger partial charge in [-0.3, -0.25) is 4.79 Å². The fraction of sp³-hybridized carbons (Fsp3) is 0.353. The highest BCUT2D eigenvalue weighted by Gasteiger charge is 2.32. The van der Waals surface area contributed by atoms with Gasteiger partial charge in [0.05, 0.1) is 12.8 Å². The number of thiophene rings is 1. The lowest BCUT2D eigenvalue weighted by Crippen LogP contribution is -2.29. The number of benzene rings is 1. The van der Waals surface area contributed by atoms with E-state index in [1.807, 2.05) is 13.0 Å². The summed E-state index contributed by atoms with van der Waals surface area (Å²) in [6.45, 7) is 2.92. The minimum atomic E-state index is -3.64. The second kappa shape index (κ2) is 7.15. The number of anilines is 1. The fourth-order valence-electron chi connectivity index (χ4n) is 2.83. The zero-order valence-corrected chi connectivity index (χ0v) is 15.7. The molecule has 134 valence electrons. The molecule has 1 aromatic heterocycles. The molecular formula is C17H20N2O4S2. The molecule has 2 aromatic rings. The van der Waals surface area contributed by atoms with Gasteiger partial charge in [0, 0.05) is 13.1 Å². The van der Waals surface area contributed by atoms with Crippen molar-refractivity contribution in [2.45, 2.75) is 24.7 Å². The Morgan fingerprint density at radius 3 is 2.64 bits per heavy atom. The third kappa shape index (κ3) is 3.56. The maximum atomic E-state index is 12.8. The van der Waals surface area contributed by atoms with Crippen molar-refractivity contribution in [3.63, 3.8) is 0 Å². The number of carbonyl (C=O) groups is 1. The lowest BCUT2D eigenvalue weighted by atomic mass is 10.2. The van der Waals surface area contributed by atoms with Crippen LogP contribution in [0.4, 0.5) is 5.69 Å². The van der Waals surface area contributed by atoms with Gasteiger partial charge in [0.1, 0.15) is 15.5 Å². The molecule has 0 saturated carbocycles. The molecule has 3 rings (SSSR count). The van der Waals surface area contributed by atoms with Crippen molar-refractivity contribution in [2.24, 2.45) is 0 Å². The van der Waals surface area contributed by atoms with Gasteiger partial charge in [-0.2, -0.15) is 4.31 Å². The minimum Gasteiger partial charge on any atom is -0.495 e. The lowest BCUT2D eigenvalue weighted by molar-refractivity contribution is 0.102. The van der Waals surface area contributed by atoms with Gasteiger partial charge in [-0.15, -0.1) is 11.3 Å². The first kappa shape index (κ1) is 17.9. The monoisotopic (exact) mass is 380 g/mol. The number of nitrogens with zero attached hydrogens (tertiary/aromatic N) is 1. The highest BCUT2D eigenvalue weighted by Crippen LogP contribution is 2.30. The first-order valence-corrected chi connectivity index (χ1v) is 10.3. The first-order valence-electron chi connectivity index (χ1n) is 7.97. The normalized spacial score (nSPS) is 15.3. The van der Waals surface area contributed by atoms with Crippen LogP contribution in [-0.2, 0) is 10.0 Å². The average Bonchev–Trinajstić information content (AvgIpc) is 3.27. The first-order chi connectivity index (χ1) is 11.9. The fourth-order valence-corrected chi connectivity index (χ4v) is 5.65. The highest BCUT2D eigenvalue weighted by molar-refractivity contribution is 7.89. The molecule has 1 N–H and O–H groups in total. The minimum absolute atomic E-state index is 0.0727. The summed E-state index contributed by atoms with van der Waals surface area (Å²) in [5.41, 5.74) is 1.48. The standard InChI is InChI=1S/C17H20N2O4S2/c1-12-5-6-14(23-2)13(11-12)18-17(20)16-15(7-10-24-16)25(21,22)19-8-3-4-9-19/h5-7,10-11H,3-4,8-9H2,1-2H3,(H,18,20). The Balaban J connectivity index is 1.90. The molecule has 0 radical (unpaired) electrons. The maximum absolute atomic E-state index is 12.8. The van der Waals surface area contributed by atoms with E-state index in [1.54, 1.807) is 17.5 Å². The Labute approximate surface area is 151 Å². The van der Waals surface area contributed by atoms with Gasteiger partial charge in [0.2, 0.25) is 10.0 Å². The second-order valence-electron chi connectivity index (χ2n) is 5.88. The number of carbonyl (C=O) groups excluding carboxylic acids is 1. The van der Waals surface area contributed by atoms with Crippen LogP contribution >= 0.6 is 11.3 Å². The number of ether oxygens (including phenoxy) is 1. The predicted molar refractivity (Wildman–Crippen MR) is 98.0 cm³/mol. The van der Waals surface area contributed by atoms with Crippen molar-refractivity contribution in [2.75, 3.05) is 25.5 Å². The summed E-state index contributed by atoms with van der Waals surface area (Å²) in [4.78, 5) is 13.0. The number of aryl methyl sites for hydroxylation is 1. The van der Waals surface area contributed by atoms with Gasteiger partial charge in [-0.1, -0.05) is 6.07 Å². The number of hydrogen-bond donors (Lipinski definition) is 1. The van der Waals surface area contributed by atoms with Crippen molar-refractivity contribution in [3.05, 3.63) is 40.1 Å². The van der Waals surface area contributed by atoms with Crippen LogP contribution in [0.5, 0.6) is 5.75 Å². The summed E-state index contributed by atoms with van der Waals surface area (Å²) in [6, 6.07) is 6.93. The Bertz CT molecular complexity index is 884. The molecule has 1 saturated heterocycles. The number of methoxy groups -OCH3 is 1. The lowest BCUT2D eigenvalue weighted by Gasteiger charge is -2.16. The summed E-state index contributed by atoms with van der Waals surface area (Å²) in [5.74, 6) is 0.0797. The molecule has 0 unspecified atom stereocenters. The van der Waals surface area contributed by atoms with E-state index in [1.165, 1.54) is 17.5 Å². The summed E-state index contributed by atoms with van der Waals surface area (Å²) < 4.78 is 32.3. The van der Waals surface area contributed by atoms with Crippen molar-refractivity contribution in [1.82, 2.24) is 4.31 Å². The highest BCUT2D eigenvalue weighted by atomic mass is 32.2. The molecule has 2 heterocycles. The molecule has 0 aliphatic carbocycles. The van der Waals surface area contributed by atoms with Crippen LogP contribution in [0.25, 0.3) is 0 Å². The molecular weight excluding hydrogens is 360 g/mol. The molecule has 0 spiro atoms. The molecule has 25 heavy (non-hydrogen) atoms. The van der Waals surface area contributed by atoms with Gasteiger partial charge in [0.25, 0.3) is 5.91 Å². The van der Waals surface area contributed by atoms with Crippen LogP contribution < -0.4 is 10.1 Å². The largest absolute Gasteiger partial charge is 0.495 e. The molecule has 6 nitrogen and oxygen atoms in total. The molecule has 1 aromatic carbocycles. The van der Waals surface area contributed by atoms with E-state index in [0.717, 1.165) is 29.7 Å².